The van der Waals surface area contributed by atoms with Gasteiger partial charge in [0.05, 0.1) is 0 Å². The van der Waals surface area contributed by atoms with Gasteiger partial charge in [0.15, 0.2) is 0 Å². The van der Waals surface area contributed by atoms with Gasteiger partial charge < -0.3 is 5.32 Å². The van der Waals surface area contributed by atoms with Crippen LogP contribution in [0.1, 0.15) is 42.4 Å². The molecule has 34 heavy (non-hydrogen) atoms. The van der Waals surface area contributed by atoms with Crippen LogP contribution in [0.25, 0.3) is 22.5 Å². The molecule has 0 bridgehead atoms. The number of benzene rings is 2. The quantitative estimate of drug-likeness (QED) is 0.350. The summed E-state index contributed by atoms with van der Waals surface area (Å²) in [5, 5.41) is 17.5. The molecule has 0 radical (unpaired) electrons. The topological polar surface area (TPSA) is 92.3 Å². The van der Waals surface area contributed by atoms with E-state index in [0.717, 1.165) is 35.1 Å². The largest absolute Gasteiger partial charge is 0.451 e. The average molecular weight is 467 g/mol. The molecule has 0 fully saturated rings. The Labute approximate surface area is 194 Å². The second-order valence-corrected chi connectivity index (χ2v) is 7.90. The van der Waals surface area contributed by atoms with E-state index in [-0.39, 0.29) is 12.4 Å². The molecule has 0 aliphatic heterocycles. The summed E-state index contributed by atoms with van der Waals surface area (Å²) >= 11 is 0. The van der Waals surface area contributed by atoms with Crippen molar-refractivity contribution in [2.24, 2.45) is 0 Å². The van der Waals surface area contributed by atoms with Gasteiger partial charge >= 0.3 is 6.18 Å². The van der Waals surface area contributed by atoms with Crippen LogP contribution in [0.5, 0.6) is 0 Å². The minimum atomic E-state index is -4.62. The molecule has 4 rings (SSSR count). The molecular weight excluding hydrogens is 443 g/mol. The first-order chi connectivity index (χ1) is 16.4. The number of anilines is 1. The third-order valence-electron chi connectivity index (χ3n) is 5.46. The van der Waals surface area contributed by atoms with Gasteiger partial charge in [-0.3, -0.25) is 0 Å². The van der Waals surface area contributed by atoms with E-state index in [1.54, 1.807) is 6.92 Å². The second-order valence-electron chi connectivity index (χ2n) is 7.90. The van der Waals surface area contributed by atoms with Gasteiger partial charge in [-0.1, -0.05) is 55.8 Å². The third-order valence-corrected chi connectivity index (χ3v) is 5.46. The van der Waals surface area contributed by atoms with Crippen LogP contribution in [0.4, 0.5) is 19.0 Å². The molecular formula is C24H24F3N7. The molecule has 4 aromatic rings. The Morgan fingerprint density at radius 2 is 1.79 bits per heavy atom. The Balaban J connectivity index is 1.67. The van der Waals surface area contributed by atoms with Gasteiger partial charge in [0.1, 0.15) is 5.82 Å². The Morgan fingerprint density at radius 1 is 1.00 bits per heavy atom. The van der Waals surface area contributed by atoms with Gasteiger partial charge in [-0.25, -0.2) is 9.97 Å². The maximum Gasteiger partial charge on any atom is 0.451 e. The van der Waals surface area contributed by atoms with E-state index < -0.39 is 12.0 Å². The van der Waals surface area contributed by atoms with Gasteiger partial charge in [-0.2, -0.15) is 18.4 Å². The molecule has 0 aliphatic carbocycles. The molecule has 0 atom stereocenters. The minimum Gasteiger partial charge on any atom is -0.366 e. The Kier molecular flexibility index (Phi) is 6.85. The van der Waals surface area contributed by atoms with Crippen molar-refractivity contribution >= 4 is 5.82 Å². The van der Waals surface area contributed by atoms with Crippen LogP contribution < -0.4 is 5.32 Å². The Hall–Kier alpha value is -3.82. The third kappa shape index (κ3) is 5.22. The van der Waals surface area contributed by atoms with E-state index in [1.165, 1.54) is 0 Å². The highest BCUT2D eigenvalue weighted by molar-refractivity contribution is 5.80. The van der Waals surface area contributed by atoms with Gasteiger partial charge in [0.25, 0.3) is 0 Å². The first-order valence-corrected chi connectivity index (χ1v) is 11.0. The highest BCUT2D eigenvalue weighted by Crippen LogP contribution is 2.32. The lowest BCUT2D eigenvalue weighted by atomic mass is 9.97. The van der Waals surface area contributed by atoms with Gasteiger partial charge in [0, 0.05) is 23.4 Å². The molecule has 2 aromatic heterocycles. The number of rotatable bonds is 8. The number of hydrogen-bond acceptors (Lipinski definition) is 6. The zero-order chi connectivity index (χ0) is 24.1. The van der Waals surface area contributed by atoms with Crippen molar-refractivity contribution < 1.29 is 13.2 Å². The van der Waals surface area contributed by atoms with Crippen LogP contribution >= 0.6 is 0 Å². The molecule has 176 valence electrons. The summed E-state index contributed by atoms with van der Waals surface area (Å²) in [6.07, 6.45) is -2.27. The van der Waals surface area contributed by atoms with E-state index in [1.807, 2.05) is 55.5 Å². The van der Waals surface area contributed by atoms with Crippen LogP contribution in [0.3, 0.4) is 0 Å². The van der Waals surface area contributed by atoms with Crippen LogP contribution in [-0.4, -0.2) is 30.6 Å². The van der Waals surface area contributed by atoms with Crippen molar-refractivity contribution in [3.63, 3.8) is 0 Å². The molecule has 0 saturated heterocycles. The van der Waals surface area contributed by atoms with Crippen molar-refractivity contribution in [2.75, 3.05) is 5.32 Å². The molecule has 2 aromatic carbocycles. The van der Waals surface area contributed by atoms with Crippen LogP contribution in [0.2, 0.25) is 0 Å². The van der Waals surface area contributed by atoms with Gasteiger partial charge in [-0.15, -0.1) is 10.2 Å². The fraction of sp³-hybridized carbons (Fsp3) is 0.292. The van der Waals surface area contributed by atoms with E-state index in [9.17, 15) is 13.2 Å². The fourth-order valence-electron chi connectivity index (χ4n) is 3.74. The molecule has 0 unspecified atom stereocenters. The summed E-state index contributed by atoms with van der Waals surface area (Å²) in [4.78, 5) is 7.53. The van der Waals surface area contributed by atoms with Crippen molar-refractivity contribution in [3.8, 4) is 22.5 Å². The fourth-order valence-corrected chi connectivity index (χ4v) is 3.74. The van der Waals surface area contributed by atoms with Crippen LogP contribution in [-0.2, 0) is 19.1 Å². The number of nitrogens with one attached hydrogen (secondary N) is 2. The SMILES string of the molecule is CCCCc1c(C)nc(C(F)(F)F)nc1NCc1ccc(-c2ccccc2)c(-c2nn[nH]n2)c1. The summed E-state index contributed by atoms with van der Waals surface area (Å²) in [6.45, 7) is 3.89. The summed E-state index contributed by atoms with van der Waals surface area (Å²) < 4.78 is 40.0. The monoisotopic (exact) mass is 467 g/mol. The van der Waals surface area contributed by atoms with Crippen LogP contribution in [0, 0.1) is 6.92 Å². The van der Waals surface area contributed by atoms with Gasteiger partial charge in [0.2, 0.25) is 11.6 Å². The zero-order valence-electron chi connectivity index (χ0n) is 18.8. The van der Waals surface area contributed by atoms with E-state index in [0.29, 0.717) is 23.5 Å². The van der Waals surface area contributed by atoms with Crippen molar-refractivity contribution in [1.29, 1.82) is 0 Å². The average Bonchev–Trinajstić information content (AvgIpc) is 3.36. The van der Waals surface area contributed by atoms with E-state index in [2.05, 4.69) is 35.9 Å². The first-order valence-electron chi connectivity index (χ1n) is 11.0. The zero-order valence-corrected chi connectivity index (χ0v) is 18.8. The predicted molar refractivity (Wildman–Crippen MR) is 123 cm³/mol. The maximum absolute atomic E-state index is 13.3. The Morgan fingerprint density at radius 3 is 2.47 bits per heavy atom. The molecule has 2 heterocycles. The number of halogens is 3. The van der Waals surface area contributed by atoms with E-state index in [4.69, 9.17) is 0 Å². The van der Waals surface area contributed by atoms with Crippen molar-refractivity contribution in [3.05, 3.63) is 71.2 Å². The number of aromatic nitrogens is 6. The number of aromatic amines is 1. The number of unbranched alkanes of at least 4 members (excludes halogenated alkanes) is 1. The number of nitrogens with zero attached hydrogens (tertiary/aromatic N) is 5. The lowest BCUT2D eigenvalue weighted by molar-refractivity contribution is -0.145. The van der Waals surface area contributed by atoms with Gasteiger partial charge in [-0.05, 0) is 47.7 Å². The highest BCUT2D eigenvalue weighted by Gasteiger charge is 2.36. The molecule has 0 aliphatic rings. The highest BCUT2D eigenvalue weighted by atomic mass is 19.4. The maximum atomic E-state index is 13.3. The summed E-state index contributed by atoms with van der Waals surface area (Å²) in [5.41, 5.74) is 4.56. The molecule has 0 saturated carbocycles. The normalized spacial score (nSPS) is 11.6. The smallest absolute Gasteiger partial charge is 0.366 e. The number of aryl methyl sites for hydroxylation is 1. The first kappa shape index (κ1) is 23.3. The molecule has 0 spiro atoms. The Bertz CT molecular complexity index is 1240. The summed E-state index contributed by atoms with van der Waals surface area (Å²) in [7, 11) is 0. The number of H-pyrrole nitrogens is 1. The molecule has 7 nitrogen and oxygen atoms in total. The molecule has 2 N–H and O–H groups in total. The van der Waals surface area contributed by atoms with Crippen molar-refractivity contribution in [2.45, 2.75) is 45.8 Å². The predicted octanol–water partition coefficient (Wildman–Crippen LogP) is 5.61. The molecule has 10 heteroatoms. The lowest BCUT2D eigenvalue weighted by Crippen LogP contribution is -2.16. The number of hydrogen-bond donors (Lipinski definition) is 2. The standard InChI is InChI=1S/C24H24F3N7/c1-3-4-10-18-15(2)29-23(24(25,26)27)30-21(18)28-14-16-11-12-19(17-8-6-5-7-9-17)20(13-16)22-31-33-34-32-22/h5-9,11-13H,3-4,10,14H2,1-2H3,(H,28,29,30)(H,31,32,33,34). The second kappa shape index (κ2) is 9.98. The number of tetrazole rings is 1. The van der Waals surface area contributed by atoms with Crippen LogP contribution in [0.15, 0.2) is 48.5 Å². The lowest BCUT2D eigenvalue weighted by Gasteiger charge is -2.16. The van der Waals surface area contributed by atoms with E-state index >= 15 is 0 Å². The summed E-state index contributed by atoms with van der Waals surface area (Å²) in [6, 6.07) is 15.6. The minimum absolute atomic E-state index is 0.210. The molecule has 0 amide bonds. The summed E-state index contributed by atoms with van der Waals surface area (Å²) in [5.74, 6) is -0.497. The number of alkyl halides is 3. The van der Waals surface area contributed by atoms with Crippen molar-refractivity contribution in [1.82, 2.24) is 30.6 Å².